The molecule has 1 amide bonds. The molecule has 2 aliphatic heterocycles. The minimum atomic E-state index is -3.55. The van der Waals surface area contributed by atoms with Gasteiger partial charge in [-0.1, -0.05) is 6.92 Å². The molecule has 0 saturated carbocycles. The molecule has 2 saturated heterocycles. The van der Waals surface area contributed by atoms with Gasteiger partial charge in [0.05, 0.1) is 0 Å². The number of nitrogens with zero attached hydrogens (tertiary/aromatic N) is 3. The number of carbonyl (C=O) groups excluding carboxylic acids is 1. The van der Waals surface area contributed by atoms with Crippen molar-refractivity contribution < 1.29 is 13.2 Å². The van der Waals surface area contributed by atoms with Gasteiger partial charge < -0.3 is 15.2 Å². The largest absolute Gasteiger partial charge is 0.345 e. The van der Waals surface area contributed by atoms with Crippen LogP contribution < -0.4 is 5.73 Å². The zero-order chi connectivity index (χ0) is 18.2. The molecule has 2 N–H and O–H groups in total. The Kier molecular flexibility index (Phi) is 5.22. The van der Waals surface area contributed by atoms with Gasteiger partial charge in [-0.15, -0.1) is 0 Å². The molecule has 2 fully saturated rings. The van der Waals surface area contributed by atoms with Crippen molar-refractivity contribution in [3.05, 3.63) is 18.0 Å². The van der Waals surface area contributed by atoms with Gasteiger partial charge in [-0.2, -0.15) is 4.31 Å². The molecule has 0 radical (unpaired) electrons. The Morgan fingerprint density at radius 2 is 1.88 bits per heavy atom. The first-order chi connectivity index (χ1) is 11.8. The lowest BCUT2D eigenvalue weighted by Gasteiger charge is -2.30. The van der Waals surface area contributed by atoms with E-state index in [9.17, 15) is 13.2 Å². The van der Waals surface area contributed by atoms with Gasteiger partial charge in [-0.25, -0.2) is 8.42 Å². The van der Waals surface area contributed by atoms with E-state index in [1.54, 1.807) is 27.0 Å². The molecule has 3 rings (SSSR count). The van der Waals surface area contributed by atoms with E-state index in [1.807, 2.05) is 0 Å². The number of likely N-dealkylation sites (tertiary alicyclic amines) is 1. The van der Waals surface area contributed by atoms with E-state index in [-0.39, 0.29) is 16.8 Å². The second-order valence-corrected chi connectivity index (χ2v) is 9.35. The van der Waals surface area contributed by atoms with Crippen molar-refractivity contribution in [3.63, 3.8) is 0 Å². The maximum atomic E-state index is 12.9. The van der Waals surface area contributed by atoms with E-state index in [1.165, 1.54) is 6.07 Å². The fourth-order valence-electron chi connectivity index (χ4n) is 3.67. The summed E-state index contributed by atoms with van der Waals surface area (Å²) in [5, 5.41) is 0. The maximum absolute atomic E-state index is 12.9. The van der Waals surface area contributed by atoms with Crippen LogP contribution >= 0.6 is 0 Å². The highest BCUT2D eigenvalue weighted by molar-refractivity contribution is 7.89. The summed E-state index contributed by atoms with van der Waals surface area (Å²) >= 11 is 0. The summed E-state index contributed by atoms with van der Waals surface area (Å²) in [5.41, 5.74) is 6.31. The molecule has 0 aromatic carbocycles. The molecule has 1 aromatic heterocycles. The number of aryl methyl sites for hydroxylation is 1. The first-order valence-electron chi connectivity index (χ1n) is 9.00. The first-order valence-corrected chi connectivity index (χ1v) is 10.4. The number of piperidine rings is 2. The molecule has 0 spiro atoms. The summed E-state index contributed by atoms with van der Waals surface area (Å²) in [5.74, 6) is 0.244. The number of nitrogens with two attached hydrogens (primary N) is 1. The van der Waals surface area contributed by atoms with Crippen molar-refractivity contribution in [1.29, 1.82) is 0 Å². The van der Waals surface area contributed by atoms with Gasteiger partial charge in [-0.3, -0.25) is 4.79 Å². The number of sulfonamides is 1. The zero-order valence-electron chi connectivity index (χ0n) is 15.0. The van der Waals surface area contributed by atoms with Crippen molar-refractivity contribution in [1.82, 2.24) is 13.8 Å². The highest BCUT2D eigenvalue weighted by atomic mass is 32.2. The smallest absolute Gasteiger partial charge is 0.270 e. The van der Waals surface area contributed by atoms with Crippen molar-refractivity contribution in [2.75, 3.05) is 26.2 Å². The lowest BCUT2D eigenvalue weighted by molar-refractivity contribution is 0.0705. The molecule has 1 atom stereocenters. The standard InChI is InChI=1S/C17H28N4O3S/c1-13-4-3-7-21(11-13)25(23,24)15-10-16(19(2)12-15)17(22)20-8-5-14(18)6-9-20/h10,12-14H,3-9,11,18H2,1-2H3. The highest BCUT2D eigenvalue weighted by Gasteiger charge is 2.31. The van der Waals surface area contributed by atoms with Gasteiger partial charge in [0.25, 0.3) is 5.91 Å². The number of amides is 1. The Labute approximate surface area is 149 Å². The average molecular weight is 369 g/mol. The zero-order valence-corrected chi connectivity index (χ0v) is 15.8. The topological polar surface area (TPSA) is 88.6 Å². The van der Waals surface area contributed by atoms with Crippen LogP contribution in [0.1, 0.15) is 43.1 Å². The minimum absolute atomic E-state index is 0.122. The third-order valence-corrected chi connectivity index (χ3v) is 7.11. The van der Waals surface area contributed by atoms with Crippen LogP contribution in [-0.2, 0) is 17.1 Å². The number of rotatable bonds is 3. The van der Waals surface area contributed by atoms with E-state index in [4.69, 9.17) is 5.73 Å². The summed E-state index contributed by atoms with van der Waals surface area (Å²) in [4.78, 5) is 14.7. The molecular weight excluding hydrogens is 340 g/mol. The lowest BCUT2D eigenvalue weighted by Crippen LogP contribution is -2.43. The van der Waals surface area contributed by atoms with Crippen LogP contribution in [0.5, 0.6) is 0 Å². The quantitative estimate of drug-likeness (QED) is 0.862. The predicted octanol–water partition coefficient (Wildman–Crippen LogP) is 1.01. The monoisotopic (exact) mass is 368 g/mol. The Morgan fingerprint density at radius 3 is 2.52 bits per heavy atom. The first kappa shape index (κ1) is 18.4. The number of aromatic nitrogens is 1. The molecule has 2 aliphatic rings. The van der Waals surface area contributed by atoms with Crippen molar-refractivity contribution in [3.8, 4) is 0 Å². The van der Waals surface area contributed by atoms with Crippen LogP contribution in [0.25, 0.3) is 0 Å². The molecule has 7 nitrogen and oxygen atoms in total. The Morgan fingerprint density at radius 1 is 1.20 bits per heavy atom. The van der Waals surface area contributed by atoms with Gasteiger partial charge in [0.2, 0.25) is 10.0 Å². The molecule has 0 bridgehead atoms. The summed E-state index contributed by atoms with van der Waals surface area (Å²) in [6.45, 7) is 4.41. The van der Waals surface area contributed by atoms with Crippen molar-refractivity contribution in [2.24, 2.45) is 18.7 Å². The van der Waals surface area contributed by atoms with Crippen LogP contribution in [-0.4, -0.2) is 60.3 Å². The highest BCUT2D eigenvalue weighted by Crippen LogP contribution is 2.25. The normalized spacial score (nSPS) is 23.8. The van der Waals surface area contributed by atoms with Crippen molar-refractivity contribution in [2.45, 2.75) is 43.5 Å². The second-order valence-electron chi connectivity index (χ2n) is 7.41. The molecule has 0 aliphatic carbocycles. The van der Waals surface area contributed by atoms with Crippen LogP contribution in [0.15, 0.2) is 17.2 Å². The van der Waals surface area contributed by atoms with Crippen molar-refractivity contribution >= 4 is 15.9 Å². The Balaban J connectivity index is 1.81. The minimum Gasteiger partial charge on any atom is -0.345 e. The van der Waals surface area contributed by atoms with E-state index in [2.05, 4.69) is 6.92 Å². The number of hydrogen-bond donors (Lipinski definition) is 1. The van der Waals surface area contributed by atoms with E-state index in [0.29, 0.717) is 37.8 Å². The predicted molar refractivity (Wildman–Crippen MR) is 95.7 cm³/mol. The fraction of sp³-hybridized carbons (Fsp3) is 0.706. The second kappa shape index (κ2) is 7.09. The maximum Gasteiger partial charge on any atom is 0.270 e. The van der Waals surface area contributed by atoms with Crippen LogP contribution in [0.2, 0.25) is 0 Å². The lowest BCUT2D eigenvalue weighted by atomic mass is 10.0. The van der Waals surface area contributed by atoms with Crippen LogP contribution in [0.4, 0.5) is 0 Å². The van der Waals surface area contributed by atoms with Crippen LogP contribution in [0.3, 0.4) is 0 Å². The van der Waals surface area contributed by atoms with Gasteiger partial charge in [0.15, 0.2) is 0 Å². The summed E-state index contributed by atoms with van der Waals surface area (Å²) < 4.78 is 29.0. The SMILES string of the molecule is CC1CCCN(S(=O)(=O)c2cc(C(=O)N3CCC(N)CC3)n(C)c2)C1. The van der Waals surface area contributed by atoms with Crippen LogP contribution in [0, 0.1) is 5.92 Å². The van der Waals surface area contributed by atoms with Gasteiger partial charge in [-0.05, 0) is 37.7 Å². The van der Waals surface area contributed by atoms with Gasteiger partial charge >= 0.3 is 0 Å². The molecule has 140 valence electrons. The summed E-state index contributed by atoms with van der Waals surface area (Å²) in [7, 11) is -1.82. The van der Waals surface area contributed by atoms with E-state index in [0.717, 1.165) is 25.7 Å². The number of hydrogen-bond acceptors (Lipinski definition) is 4. The Hall–Kier alpha value is -1.38. The molecule has 3 heterocycles. The Bertz CT molecular complexity index is 735. The van der Waals surface area contributed by atoms with Gasteiger partial charge in [0, 0.05) is 45.5 Å². The molecule has 1 unspecified atom stereocenters. The molecule has 8 heteroatoms. The third-order valence-electron chi connectivity index (χ3n) is 5.28. The summed E-state index contributed by atoms with van der Waals surface area (Å²) in [6, 6.07) is 1.67. The fourth-order valence-corrected chi connectivity index (χ4v) is 5.34. The average Bonchev–Trinajstić information content (AvgIpc) is 2.97. The summed E-state index contributed by atoms with van der Waals surface area (Å²) in [6.07, 6.45) is 5.06. The third kappa shape index (κ3) is 3.75. The number of carbonyl (C=O) groups is 1. The molecular formula is C17H28N4O3S. The molecule has 1 aromatic rings. The van der Waals surface area contributed by atoms with E-state index >= 15 is 0 Å². The van der Waals surface area contributed by atoms with E-state index < -0.39 is 10.0 Å². The molecule has 25 heavy (non-hydrogen) atoms. The van der Waals surface area contributed by atoms with Gasteiger partial charge in [0.1, 0.15) is 10.6 Å².